The summed E-state index contributed by atoms with van der Waals surface area (Å²) >= 11 is 0. The molecule has 1 aliphatic heterocycles. The number of hydrogen-bond acceptors (Lipinski definition) is 6. The summed E-state index contributed by atoms with van der Waals surface area (Å²) in [6.07, 6.45) is 1.60. The lowest BCUT2D eigenvalue weighted by atomic mass is 10.0. The van der Waals surface area contributed by atoms with Crippen molar-refractivity contribution in [3.05, 3.63) is 77.5 Å². The van der Waals surface area contributed by atoms with Crippen molar-refractivity contribution >= 4 is 34.7 Å². The molecule has 0 spiro atoms. The summed E-state index contributed by atoms with van der Waals surface area (Å²) in [6, 6.07) is 18.5. The molecule has 0 saturated heterocycles. The lowest BCUT2D eigenvalue weighted by Crippen LogP contribution is -2.06. The Bertz CT molecular complexity index is 1190. The first kappa shape index (κ1) is 18.4. The van der Waals surface area contributed by atoms with Gasteiger partial charge in [0.15, 0.2) is 17.2 Å². The number of nitrogens with zero attached hydrogens (tertiary/aromatic N) is 1. The van der Waals surface area contributed by atoms with Crippen LogP contribution in [0, 0.1) is 0 Å². The van der Waals surface area contributed by atoms with Crippen LogP contribution in [0.3, 0.4) is 0 Å². The molecule has 3 aromatic carbocycles. The van der Waals surface area contributed by atoms with E-state index in [1.165, 1.54) is 14.0 Å². The number of fused-ring (bicyclic) bond motifs is 1. The Hall–Kier alpha value is -3.93. The number of benzene rings is 3. The number of esters is 2. The van der Waals surface area contributed by atoms with Gasteiger partial charge in [-0.25, -0.2) is 9.79 Å². The minimum atomic E-state index is -0.532. The molecule has 0 saturated carbocycles. The maximum Gasteiger partial charge on any atom is 0.363 e. The van der Waals surface area contributed by atoms with E-state index in [0.29, 0.717) is 17.1 Å². The van der Waals surface area contributed by atoms with E-state index in [2.05, 4.69) is 4.99 Å². The van der Waals surface area contributed by atoms with Crippen molar-refractivity contribution in [1.29, 1.82) is 0 Å². The van der Waals surface area contributed by atoms with Crippen LogP contribution in [0.1, 0.15) is 18.1 Å². The Morgan fingerprint density at radius 2 is 1.83 bits per heavy atom. The molecule has 6 heteroatoms. The molecule has 6 nitrogen and oxygen atoms in total. The number of carbonyl (C=O) groups is 2. The second-order valence-electron chi connectivity index (χ2n) is 6.37. The zero-order chi connectivity index (χ0) is 20.4. The van der Waals surface area contributed by atoms with E-state index in [4.69, 9.17) is 14.2 Å². The second kappa shape index (κ2) is 7.59. The van der Waals surface area contributed by atoms with Gasteiger partial charge in [0.05, 0.1) is 7.11 Å². The summed E-state index contributed by atoms with van der Waals surface area (Å²) in [5, 5.41) is 1.99. The lowest BCUT2D eigenvalue weighted by molar-refractivity contribution is -0.132. The molecule has 4 rings (SSSR count). The molecule has 0 amide bonds. The summed E-state index contributed by atoms with van der Waals surface area (Å²) < 4.78 is 15.8. The molecular weight excluding hydrogens is 370 g/mol. The smallest absolute Gasteiger partial charge is 0.363 e. The van der Waals surface area contributed by atoms with Crippen LogP contribution in [0.5, 0.6) is 11.5 Å². The molecule has 0 N–H and O–H groups in total. The molecule has 0 radical (unpaired) electrons. The Morgan fingerprint density at radius 1 is 1.03 bits per heavy atom. The first-order chi connectivity index (χ1) is 14.0. The first-order valence-electron chi connectivity index (χ1n) is 8.92. The van der Waals surface area contributed by atoms with Gasteiger partial charge in [0.25, 0.3) is 0 Å². The number of ether oxygens (including phenoxy) is 3. The van der Waals surface area contributed by atoms with E-state index in [1.807, 2.05) is 42.5 Å². The third-order valence-corrected chi connectivity index (χ3v) is 4.39. The fourth-order valence-electron chi connectivity index (χ4n) is 3.11. The lowest BCUT2D eigenvalue weighted by Gasteiger charge is -2.08. The monoisotopic (exact) mass is 387 g/mol. The van der Waals surface area contributed by atoms with Crippen LogP contribution in [0.2, 0.25) is 0 Å². The van der Waals surface area contributed by atoms with E-state index in [9.17, 15) is 9.59 Å². The van der Waals surface area contributed by atoms with E-state index < -0.39 is 11.9 Å². The number of hydrogen-bond donors (Lipinski definition) is 0. The van der Waals surface area contributed by atoms with E-state index >= 15 is 0 Å². The standard InChI is InChI=1S/C23H17NO5/c1-14(25)28-20-11-10-15(13-21(20)27-2)12-19-23(26)29-22(24-19)18-9-5-7-16-6-3-4-8-17(16)18/h3-13H,1-2H3/b19-12-. The van der Waals surface area contributed by atoms with E-state index in [-0.39, 0.29) is 11.6 Å². The predicted molar refractivity (Wildman–Crippen MR) is 109 cm³/mol. The van der Waals surface area contributed by atoms with Crippen LogP contribution in [0.25, 0.3) is 16.8 Å². The van der Waals surface area contributed by atoms with Crippen molar-refractivity contribution in [2.75, 3.05) is 7.11 Å². The molecule has 0 atom stereocenters. The largest absolute Gasteiger partial charge is 0.493 e. The van der Waals surface area contributed by atoms with Crippen LogP contribution >= 0.6 is 0 Å². The minimum absolute atomic E-state index is 0.176. The Kier molecular flexibility index (Phi) is 4.83. The molecule has 1 heterocycles. The van der Waals surface area contributed by atoms with Crippen molar-refractivity contribution in [1.82, 2.24) is 0 Å². The highest BCUT2D eigenvalue weighted by Gasteiger charge is 2.25. The highest BCUT2D eigenvalue weighted by Crippen LogP contribution is 2.30. The summed E-state index contributed by atoms with van der Waals surface area (Å²) in [5.74, 6) is -0.0362. The zero-order valence-electron chi connectivity index (χ0n) is 15.8. The maximum atomic E-state index is 12.4. The highest BCUT2D eigenvalue weighted by atomic mass is 16.6. The molecule has 0 bridgehead atoms. The molecular formula is C23H17NO5. The molecule has 29 heavy (non-hydrogen) atoms. The third-order valence-electron chi connectivity index (χ3n) is 4.39. The van der Waals surface area contributed by atoms with E-state index in [0.717, 1.165) is 16.3 Å². The van der Waals surface area contributed by atoms with Crippen LogP contribution in [0.15, 0.2) is 71.4 Å². The predicted octanol–water partition coefficient (Wildman–Crippen LogP) is 4.12. The molecule has 144 valence electrons. The first-order valence-corrected chi connectivity index (χ1v) is 8.92. The SMILES string of the molecule is COc1cc(/C=C2\N=C(c3cccc4ccccc34)OC2=O)ccc1OC(C)=O. The quantitative estimate of drug-likeness (QED) is 0.382. The number of carbonyl (C=O) groups excluding carboxylic acids is 2. The van der Waals surface area contributed by atoms with Gasteiger partial charge in [0.2, 0.25) is 5.90 Å². The van der Waals surface area contributed by atoms with Crippen LogP contribution in [0.4, 0.5) is 0 Å². The fourth-order valence-corrected chi connectivity index (χ4v) is 3.11. The Balaban J connectivity index is 1.70. The molecule has 3 aromatic rings. The van der Waals surface area contributed by atoms with E-state index in [1.54, 1.807) is 24.3 Å². The molecule has 0 fully saturated rings. The van der Waals surface area contributed by atoms with Crippen LogP contribution in [-0.4, -0.2) is 24.9 Å². The number of methoxy groups -OCH3 is 1. The van der Waals surface area contributed by atoms with Gasteiger partial charge in [0.1, 0.15) is 0 Å². The van der Waals surface area contributed by atoms with Gasteiger partial charge in [-0.2, -0.15) is 0 Å². The topological polar surface area (TPSA) is 74.2 Å². The summed E-state index contributed by atoms with van der Waals surface area (Å²) in [5.41, 5.74) is 1.59. The minimum Gasteiger partial charge on any atom is -0.493 e. The summed E-state index contributed by atoms with van der Waals surface area (Å²) in [7, 11) is 1.47. The number of cyclic esters (lactones) is 1. The average Bonchev–Trinajstić information content (AvgIpc) is 3.08. The second-order valence-corrected chi connectivity index (χ2v) is 6.37. The Labute approximate surface area is 167 Å². The van der Waals surface area contributed by atoms with Crippen LogP contribution < -0.4 is 9.47 Å². The van der Waals surface area contributed by atoms with Crippen molar-refractivity contribution < 1.29 is 23.8 Å². The molecule has 1 aliphatic rings. The maximum absolute atomic E-state index is 12.4. The fraction of sp³-hybridized carbons (Fsp3) is 0.0870. The van der Waals surface area contributed by atoms with Crippen LogP contribution in [-0.2, 0) is 14.3 Å². The third kappa shape index (κ3) is 3.73. The van der Waals surface area contributed by atoms with Gasteiger partial charge in [-0.15, -0.1) is 0 Å². The van der Waals surface area contributed by atoms with Gasteiger partial charge in [-0.3, -0.25) is 4.79 Å². The Morgan fingerprint density at radius 3 is 2.62 bits per heavy atom. The van der Waals surface area contributed by atoms with Gasteiger partial charge >= 0.3 is 11.9 Å². The summed E-state index contributed by atoms with van der Waals surface area (Å²) in [6.45, 7) is 1.31. The normalized spacial score (nSPS) is 14.6. The van der Waals surface area contributed by atoms with Gasteiger partial charge in [-0.1, -0.05) is 42.5 Å². The van der Waals surface area contributed by atoms with Gasteiger partial charge < -0.3 is 14.2 Å². The van der Waals surface area contributed by atoms with Gasteiger partial charge in [-0.05, 0) is 40.6 Å². The highest BCUT2D eigenvalue weighted by molar-refractivity contribution is 6.17. The summed E-state index contributed by atoms with van der Waals surface area (Å²) in [4.78, 5) is 27.9. The van der Waals surface area contributed by atoms with Gasteiger partial charge in [0, 0.05) is 12.5 Å². The van der Waals surface area contributed by atoms with Crippen molar-refractivity contribution in [3.8, 4) is 11.5 Å². The molecule has 0 unspecified atom stereocenters. The molecule has 0 aliphatic carbocycles. The number of rotatable bonds is 4. The number of aliphatic imine (C=N–C) groups is 1. The van der Waals surface area contributed by atoms with Crippen molar-refractivity contribution in [2.24, 2.45) is 4.99 Å². The zero-order valence-corrected chi connectivity index (χ0v) is 15.8. The van der Waals surface area contributed by atoms with Crippen molar-refractivity contribution in [3.63, 3.8) is 0 Å². The average molecular weight is 387 g/mol. The molecule has 0 aromatic heterocycles. The van der Waals surface area contributed by atoms with Crippen molar-refractivity contribution in [2.45, 2.75) is 6.92 Å².